The summed E-state index contributed by atoms with van der Waals surface area (Å²) in [6, 6.07) is 15.1. The van der Waals surface area contributed by atoms with E-state index < -0.39 is 0 Å². The molecule has 6 nitrogen and oxygen atoms in total. The van der Waals surface area contributed by atoms with Crippen LogP contribution in [-0.4, -0.2) is 60.6 Å². The molecule has 2 heterocycles. The van der Waals surface area contributed by atoms with E-state index in [4.69, 9.17) is 4.74 Å². The molecule has 2 aliphatic rings. The van der Waals surface area contributed by atoms with E-state index in [0.717, 1.165) is 13.0 Å². The van der Waals surface area contributed by atoms with Gasteiger partial charge in [0.1, 0.15) is 11.6 Å². The molecule has 1 atom stereocenters. The smallest absolute Gasteiger partial charge is 0.410 e. The van der Waals surface area contributed by atoms with Crippen LogP contribution in [0.15, 0.2) is 54.6 Å². The van der Waals surface area contributed by atoms with Crippen LogP contribution in [-0.2, 0) is 4.79 Å². The fourth-order valence-corrected chi connectivity index (χ4v) is 4.00. The van der Waals surface area contributed by atoms with Crippen LogP contribution in [0.3, 0.4) is 0 Å². The minimum absolute atomic E-state index is 0.0737. The van der Waals surface area contributed by atoms with Gasteiger partial charge in [0, 0.05) is 32.7 Å². The Labute approximate surface area is 169 Å². The number of halogens is 1. The quantitative estimate of drug-likeness (QED) is 0.799. The number of para-hydroxylation sites is 2. The Bertz CT molecular complexity index is 877. The molecule has 4 rings (SSSR count). The molecule has 152 valence electrons. The Morgan fingerprint density at radius 2 is 1.69 bits per heavy atom. The molecule has 0 N–H and O–H groups in total. The summed E-state index contributed by atoms with van der Waals surface area (Å²) in [5, 5.41) is 0. The SMILES string of the molecule is O=C(Oc1ccccc1)N1CCCN(C2CCN(c3ccccc3F)C2=O)CC1. The van der Waals surface area contributed by atoms with Crippen LogP contribution in [0, 0.1) is 5.82 Å². The number of ether oxygens (including phenoxy) is 1. The van der Waals surface area contributed by atoms with Gasteiger partial charge in [-0.05, 0) is 37.1 Å². The van der Waals surface area contributed by atoms with E-state index >= 15 is 0 Å². The van der Waals surface area contributed by atoms with Crippen molar-refractivity contribution in [3.05, 3.63) is 60.4 Å². The minimum Gasteiger partial charge on any atom is -0.410 e. The molecule has 2 amide bonds. The second-order valence-electron chi connectivity index (χ2n) is 7.30. The number of carbonyl (C=O) groups is 2. The van der Waals surface area contributed by atoms with Crippen LogP contribution in [0.25, 0.3) is 0 Å². The first kappa shape index (κ1) is 19.4. The van der Waals surface area contributed by atoms with Crippen molar-refractivity contribution in [1.82, 2.24) is 9.80 Å². The maximum Gasteiger partial charge on any atom is 0.415 e. The van der Waals surface area contributed by atoms with Crippen LogP contribution in [0.2, 0.25) is 0 Å². The predicted molar refractivity (Wildman–Crippen MR) is 107 cm³/mol. The van der Waals surface area contributed by atoms with Gasteiger partial charge in [0.2, 0.25) is 5.91 Å². The first-order chi connectivity index (χ1) is 14.1. The maximum absolute atomic E-state index is 14.1. The van der Waals surface area contributed by atoms with Crippen LogP contribution >= 0.6 is 0 Å². The number of amides is 2. The lowest BCUT2D eigenvalue weighted by molar-refractivity contribution is -0.121. The third-order valence-corrected chi connectivity index (χ3v) is 5.50. The largest absolute Gasteiger partial charge is 0.415 e. The van der Waals surface area contributed by atoms with Crippen molar-refractivity contribution >= 4 is 17.7 Å². The standard InChI is InChI=1S/C22H24FN3O3/c23-18-9-4-5-10-19(18)26-14-11-20(21(26)27)24-12-6-13-25(16-15-24)22(28)29-17-7-2-1-3-8-17/h1-5,7-10,20H,6,11-16H2. The summed E-state index contributed by atoms with van der Waals surface area (Å²) < 4.78 is 19.5. The zero-order chi connectivity index (χ0) is 20.2. The van der Waals surface area contributed by atoms with Crippen molar-refractivity contribution < 1.29 is 18.7 Å². The predicted octanol–water partition coefficient (Wildman–Crippen LogP) is 3.14. The van der Waals surface area contributed by atoms with Gasteiger partial charge >= 0.3 is 6.09 Å². The molecule has 7 heteroatoms. The topological polar surface area (TPSA) is 53.1 Å². The summed E-state index contributed by atoms with van der Waals surface area (Å²) in [6.45, 7) is 2.89. The number of carbonyl (C=O) groups excluding carboxylic acids is 2. The first-order valence-corrected chi connectivity index (χ1v) is 9.95. The minimum atomic E-state index is -0.382. The average Bonchev–Trinajstić information content (AvgIpc) is 2.95. The van der Waals surface area contributed by atoms with Crippen molar-refractivity contribution in [1.29, 1.82) is 0 Å². The Kier molecular flexibility index (Phi) is 5.76. The molecule has 0 aromatic heterocycles. The van der Waals surface area contributed by atoms with Crippen LogP contribution in [0.5, 0.6) is 5.75 Å². The normalized spacial score (nSPS) is 20.6. The van der Waals surface area contributed by atoms with Gasteiger partial charge in [-0.1, -0.05) is 30.3 Å². The highest BCUT2D eigenvalue weighted by atomic mass is 19.1. The van der Waals surface area contributed by atoms with Gasteiger partial charge in [-0.15, -0.1) is 0 Å². The molecule has 2 aromatic carbocycles. The van der Waals surface area contributed by atoms with Crippen molar-refractivity contribution in [2.75, 3.05) is 37.6 Å². The summed E-state index contributed by atoms with van der Waals surface area (Å²) in [5.41, 5.74) is 0.336. The first-order valence-electron chi connectivity index (χ1n) is 9.95. The third-order valence-electron chi connectivity index (χ3n) is 5.50. The van der Waals surface area contributed by atoms with Gasteiger partial charge in [-0.25, -0.2) is 9.18 Å². The van der Waals surface area contributed by atoms with E-state index in [9.17, 15) is 14.0 Å². The van der Waals surface area contributed by atoms with E-state index in [-0.39, 0.29) is 23.9 Å². The Hall–Kier alpha value is -2.93. The number of nitrogens with zero attached hydrogens (tertiary/aromatic N) is 3. The number of anilines is 1. The van der Waals surface area contributed by atoms with Crippen LogP contribution in [0.4, 0.5) is 14.9 Å². The van der Waals surface area contributed by atoms with E-state index in [1.165, 1.54) is 11.0 Å². The summed E-state index contributed by atoms with van der Waals surface area (Å²) in [7, 11) is 0. The maximum atomic E-state index is 14.1. The van der Waals surface area contributed by atoms with Gasteiger partial charge in [-0.3, -0.25) is 9.69 Å². The number of benzene rings is 2. The van der Waals surface area contributed by atoms with Crippen molar-refractivity contribution in [2.45, 2.75) is 18.9 Å². The average molecular weight is 397 g/mol. The number of rotatable bonds is 3. The fraction of sp³-hybridized carbons (Fsp3) is 0.364. The van der Waals surface area contributed by atoms with E-state index in [2.05, 4.69) is 4.90 Å². The fourth-order valence-electron chi connectivity index (χ4n) is 4.00. The summed E-state index contributed by atoms with van der Waals surface area (Å²) in [6.07, 6.45) is 1.04. The molecule has 1 unspecified atom stereocenters. The number of hydrogen-bond donors (Lipinski definition) is 0. The van der Waals surface area contributed by atoms with Gasteiger partial charge in [0.05, 0.1) is 11.7 Å². The highest BCUT2D eigenvalue weighted by Gasteiger charge is 2.38. The molecule has 2 fully saturated rings. The molecule has 0 aliphatic carbocycles. The highest BCUT2D eigenvalue weighted by Crippen LogP contribution is 2.27. The summed E-state index contributed by atoms with van der Waals surface area (Å²) in [5.74, 6) is 0.0627. The molecule has 2 aromatic rings. The summed E-state index contributed by atoms with van der Waals surface area (Å²) >= 11 is 0. The van der Waals surface area contributed by atoms with Crippen LogP contribution in [0.1, 0.15) is 12.8 Å². The van der Waals surface area contributed by atoms with E-state index in [1.807, 2.05) is 18.2 Å². The second kappa shape index (κ2) is 8.61. The molecule has 2 aliphatic heterocycles. The lowest BCUT2D eigenvalue weighted by Gasteiger charge is -2.26. The van der Waals surface area contributed by atoms with Crippen molar-refractivity contribution in [2.24, 2.45) is 0 Å². The zero-order valence-electron chi connectivity index (χ0n) is 16.2. The molecule has 2 saturated heterocycles. The molecular weight excluding hydrogens is 373 g/mol. The van der Waals surface area contributed by atoms with Gasteiger partial charge in [-0.2, -0.15) is 0 Å². The van der Waals surface area contributed by atoms with Gasteiger partial charge in [0.15, 0.2) is 0 Å². The molecule has 29 heavy (non-hydrogen) atoms. The molecule has 0 bridgehead atoms. The molecule has 0 spiro atoms. The number of hydrogen-bond acceptors (Lipinski definition) is 4. The lowest BCUT2D eigenvalue weighted by atomic mass is 10.2. The Balaban J connectivity index is 1.37. The molecular formula is C22H24FN3O3. The van der Waals surface area contributed by atoms with E-state index in [0.29, 0.717) is 44.0 Å². The Morgan fingerprint density at radius 1 is 0.931 bits per heavy atom. The monoisotopic (exact) mass is 397 g/mol. The molecule has 0 saturated carbocycles. The van der Waals surface area contributed by atoms with Gasteiger partial charge in [0.25, 0.3) is 0 Å². The second-order valence-corrected chi connectivity index (χ2v) is 7.30. The van der Waals surface area contributed by atoms with Crippen molar-refractivity contribution in [3.63, 3.8) is 0 Å². The van der Waals surface area contributed by atoms with Crippen molar-refractivity contribution in [3.8, 4) is 5.75 Å². The molecule has 0 radical (unpaired) electrons. The third kappa shape index (κ3) is 4.24. The Morgan fingerprint density at radius 3 is 2.48 bits per heavy atom. The summed E-state index contributed by atoms with van der Waals surface area (Å²) in [4.78, 5) is 30.7. The van der Waals surface area contributed by atoms with E-state index in [1.54, 1.807) is 35.2 Å². The lowest BCUT2D eigenvalue weighted by Crippen LogP contribution is -2.44. The van der Waals surface area contributed by atoms with Gasteiger partial charge < -0.3 is 14.5 Å². The zero-order valence-corrected chi connectivity index (χ0v) is 16.2. The highest BCUT2D eigenvalue weighted by molar-refractivity contribution is 5.99. The van der Waals surface area contributed by atoms with Crippen LogP contribution < -0.4 is 9.64 Å².